The number of imidazole rings is 1. The maximum atomic E-state index is 13.1. The Morgan fingerprint density at radius 3 is 3.00 bits per heavy atom. The molecule has 4 nitrogen and oxygen atoms in total. The summed E-state index contributed by atoms with van der Waals surface area (Å²) >= 11 is 0. The predicted molar refractivity (Wildman–Crippen MR) is 62.5 cm³/mol. The molecule has 0 bridgehead atoms. The summed E-state index contributed by atoms with van der Waals surface area (Å²) in [6.07, 6.45) is 5.18. The molecule has 0 aliphatic rings. The van der Waals surface area contributed by atoms with Crippen molar-refractivity contribution in [3.05, 3.63) is 48.4 Å². The van der Waals surface area contributed by atoms with Crippen LogP contribution in [0.2, 0.25) is 0 Å². The minimum Gasteiger partial charge on any atom is -0.356 e. The van der Waals surface area contributed by atoms with Crippen molar-refractivity contribution in [3.8, 4) is 0 Å². The van der Waals surface area contributed by atoms with Crippen molar-refractivity contribution >= 4 is 23.4 Å². The van der Waals surface area contributed by atoms with Crippen LogP contribution in [-0.2, 0) is 6.54 Å². The van der Waals surface area contributed by atoms with E-state index in [-0.39, 0.29) is 18.2 Å². The minimum absolute atomic E-state index is 0. The van der Waals surface area contributed by atoms with Crippen LogP contribution in [0.5, 0.6) is 0 Å². The van der Waals surface area contributed by atoms with Crippen LogP contribution in [0.1, 0.15) is 5.69 Å². The van der Waals surface area contributed by atoms with Crippen LogP contribution >= 0.6 is 12.4 Å². The van der Waals surface area contributed by atoms with E-state index in [1.165, 1.54) is 12.1 Å². The van der Waals surface area contributed by atoms with Gasteiger partial charge in [0.15, 0.2) is 5.58 Å². The number of hydrogen-bond acceptors (Lipinski definition) is 3. The van der Waals surface area contributed by atoms with Gasteiger partial charge in [0.05, 0.1) is 12.9 Å². The first-order valence-corrected chi connectivity index (χ1v) is 4.82. The molecule has 17 heavy (non-hydrogen) atoms. The number of aromatic nitrogens is 3. The molecule has 6 heteroatoms. The van der Waals surface area contributed by atoms with E-state index in [0.717, 1.165) is 0 Å². The van der Waals surface area contributed by atoms with E-state index in [9.17, 15) is 4.39 Å². The van der Waals surface area contributed by atoms with Gasteiger partial charge in [-0.05, 0) is 18.2 Å². The average Bonchev–Trinajstić information content (AvgIpc) is 2.90. The fourth-order valence-electron chi connectivity index (χ4n) is 1.63. The van der Waals surface area contributed by atoms with Crippen molar-refractivity contribution in [3.63, 3.8) is 0 Å². The fraction of sp³-hybridized carbons (Fsp3) is 0.0909. The molecule has 0 fully saturated rings. The van der Waals surface area contributed by atoms with E-state index in [4.69, 9.17) is 4.52 Å². The monoisotopic (exact) mass is 253 g/mol. The number of nitrogens with zero attached hydrogens (tertiary/aromatic N) is 3. The van der Waals surface area contributed by atoms with Crippen molar-refractivity contribution < 1.29 is 8.91 Å². The van der Waals surface area contributed by atoms with Gasteiger partial charge in [0, 0.05) is 17.8 Å². The molecule has 0 saturated heterocycles. The maximum Gasteiger partial charge on any atom is 0.167 e. The lowest BCUT2D eigenvalue weighted by Gasteiger charge is -1.97. The Bertz CT molecular complexity index is 621. The van der Waals surface area contributed by atoms with E-state index < -0.39 is 0 Å². The number of rotatable bonds is 2. The van der Waals surface area contributed by atoms with Gasteiger partial charge in [-0.1, -0.05) is 5.16 Å². The molecule has 0 amide bonds. The van der Waals surface area contributed by atoms with Gasteiger partial charge in [-0.3, -0.25) is 0 Å². The molecule has 0 N–H and O–H groups in total. The summed E-state index contributed by atoms with van der Waals surface area (Å²) in [4.78, 5) is 3.93. The first kappa shape index (κ1) is 11.6. The highest BCUT2D eigenvalue weighted by atomic mass is 35.5. The molecular weight excluding hydrogens is 245 g/mol. The van der Waals surface area contributed by atoms with Crippen LogP contribution in [0.15, 0.2) is 41.4 Å². The first-order chi connectivity index (χ1) is 7.83. The number of halogens is 2. The normalized spacial score (nSPS) is 10.4. The molecule has 0 saturated carbocycles. The number of hydrogen-bond donors (Lipinski definition) is 0. The number of fused-ring (bicyclic) bond motifs is 1. The van der Waals surface area contributed by atoms with E-state index >= 15 is 0 Å². The SMILES string of the molecule is Cl.Fc1ccc2onc(Cn3ccnc3)c2c1. The van der Waals surface area contributed by atoms with E-state index in [1.54, 1.807) is 18.6 Å². The summed E-state index contributed by atoms with van der Waals surface area (Å²) in [7, 11) is 0. The third kappa shape index (κ3) is 2.14. The van der Waals surface area contributed by atoms with E-state index in [2.05, 4.69) is 10.1 Å². The lowest BCUT2D eigenvalue weighted by atomic mass is 10.2. The van der Waals surface area contributed by atoms with Crippen molar-refractivity contribution in [1.29, 1.82) is 0 Å². The molecule has 3 rings (SSSR count). The molecule has 1 aromatic carbocycles. The summed E-state index contributed by atoms with van der Waals surface area (Å²) in [6.45, 7) is 0.524. The molecule has 3 aromatic rings. The second kappa shape index (κ2) is 4.55. The first-order valence-electron chi connectivity index (χ1n) is 4.82. The lowest BCUT2D eigenvalue weighted by molar-refractivity contribution is 0.443. The van der Waals surface area contributed by atoms with Crippen molar-refractivity contribution in [1.82, 2.24) is 14.7 Å². The second-order valence-electron chi connectivity index (χ2n) is 3.50. The summed E-state index contributed by atoms with van der Waals surface area (Å²) in [5, 5.41) is 4.62. The summed E-state index contributed by atoms with van der Waals surface area (Å²) in [5.74, 6) is -0.289. The Morgan fingerprint density at radius 2 is 2.24 bits per heavy atom. The van der Waals surface area contributed by atoms with Gasteiger partial charge in [-0.15, -0.1) is 12.4 Å². The van der Waals surface area contributed by atoms with E-state index in [0.29, 0.717) is 23.2 Å². The van der Waals surface area contributed by atoms with Crippen LogP contribution < -0.4 is 0 Å². The topological polar surface area (TPSA) is 43.9 Å². The van der Waals surface area contributed by atoms with Crippen LogP contribution in [0.25, 0.3) is 11.0 Å². The molecule has 2 aromatic heterocycles. The summed E-state index contributed by atoms with van der Waals surface area (Å²) in [5.41, 5.74) is 1.30. The maximum absolute atomic E-state index is 13.1. The smallest absolute Gasteiger partial charge is 0.167 e. The minimum atomic E-state index is -0.289. The van der Waals surface area contributed by atoms with Gasteiger partial charge < -0.3 is 9.09 Å². The standard InChI is InChI=1S/C11H8FN3O.ClH/c12-8-1-2-11-9(5-8)10(14-16-11)6-15-4-3-13-7-15;/h1-5,7H,6H2;1H. The van der Waals surface area contributed by atoms with Crippen molar-refractivity contribution in [2.45, 2.75) is 6.54 Å². The Kier molecular flexibility index (Phi) is 3.10. The molecule has 0 atom stereocenters. The zero-order chi connectivity index (χ0) is 11.0. The Morgan fingerprint density at radius 1 is 1.35 bits per heavy atom. The Labute approximate surface area is 102 Å². The van der Waals surface area contributed by atoms with Crippen LogP contribution in [-0.4, -0.2) is 14.7 Å². The summed E-state index contributed by atoms with van der Waals surface area (Å²) in [6, 6.07) is 4.36. The highest BCUT2D eigenvalue weighted by Gasteiger charge is 2.09. The van der Waals surface area contributed by atoms with Gasteiger partial charge in [0.1, 0.15) is 11.5 Å². The molecule has 2 heterocycles. The van der Waals surface area contributed by atoms with Gasteiger partial charge >= 0.3 is 0 Å². The quantitative estimate of drug-likeness (QED) is 0.705. The molecule has 0 aliphatic carbocycles. The van der Waals surface area contributed by atoms with Gasteiger partial charge in [-0.2, -0.15) is 0 Å². The van der Waals surface area contributed by atoms with Crippen LogP contribution in [0, 0.1) is 5.82 Å². The fourth-order valence-corrected chi connectivity index (χ4v) is 1.63. The van der Waals surface area contributed by atoms with Crippen LogP contribution in [0.4, 0.5) is 4.39 Å². The van der Waals surface area contributed by atoms with E-state index in [1.807, 2.05) is 10.8 Å². The van der Waals surface area contributed by atoms with Gasteiger partial charge in [0.25, 0.3) is 0 Å². The molecule has 0 radical (unpaired) electrons. The molecule has 0 unspecified atom stereocenters. The molecule has 0 spiro atoms. The number of benzene rings is 1. The van der Waals surface area contributed by atoms with Crippen molar-refractivity contribution in [2.75, 3.05) is 0 Å². The zero-order valence-corrected chi connectivity index (χ0v) is 9.52. The van der Waals surface area contributed by atoms with Crippen LogP contribution in [0.3, 0.4) is 0 Å². The van der Waals surface area contributed by atoms with Gasteiger partial charge in [0.2, 0.25) is 0 Å². The second-order valence-corrected chi connectivity index (χ2v) is 3.50. The third-order valence-electron chi connectivity index (χ3n) is 2.40. The van der Waals surface area contributed by atoms with Gasteiger partial charge in [-0.25, -0.2) is 9.37 Å². The lowest BCUT2D eigenvalue weighted by Crippen LogP contribution is -1.96. The third-order valence-corrected chi connectivity index (χ3v) is 2.40. The average molecular weight is 254 g/mol. The zero-order valence-electron chi connectivity index (χ0n) is 8.71. The molecular formula is C11H9ClFN3O. The molecule has 88 valence electrons. The molecule has 0 aliphatic heterocycles. The largest absolute Gasteiger partial charge is 0.356 e. The summed E-state index contributed by atoms with van der Waals surface area (Å²) < 4.78 is 20.0. The highest BCUT2D eigenvalue weighted by Crippen LogP contribution is 2.20. The Hall–Kier alpha value is -1.88. The highest BCUT2D eigenvalue weighted by molar-refractivity contribution is 5.85. The van der Waals surface area contributed by atoms with Crippen molar-refractivity contribution in [2.24, 2.45) is 0 Å². The predicted octanol–water partition coefficient (Wildman–Crippen LogP) is 2.63. The Balaban J connectivity index is 0.00000108.